The largest absolute Gasteiger partial charge is 0.389 e. The first-order valence-electron chi connectivity index (χ1n) is 15.4. The molecule has 50 heavy (non-hydrogen) atoms. The van der Waals surface area contributed by atoms with E-state index < -0.39 is 12.0 Å². The minimum absolute atomic E-state index is 0.0171. The maximum atomic E-state index is 13.1. The number of benzene rings is 2. The van der Waals surface area contributed by atoms with Crippen LogP contribution in [0.15, 0.2) is 76.2 Å². The number of hydrogen-bond acceptors (Lipinski definition) is 11. The number of aryl methyl sites for hydroxylation is 3. The number of aliphatic hydroxyl groups is 3. The first-order valence-corrected chi connectivity index (χ1v) is 15.4. The van der Waals surface area contributed by atoms with Crippen molar-refractivity contribution in [3.63, 3.8) is 0 Å². The van der Waals surface area contributed by atoms with Crippen molar-refractivity contribution in [2.75, 3.05) is 17.3 Å². The van der Waals surface area contributed by atoms with Gasteiger partial charge in [-0.3, -0.25) is 24.2 Å². The fourth-order valence-electron chi connectivity index (χ4n) is 5.57. The average Bonchev–Trinajstić information content (AvgIpc) is 3.64. The molecule has 0 saturated carbocycles. The fourth-order valence-corrected chi connectivity index (χ4v) is 5.57. The third-order valence-corrected chi connectivity index (χ3v) is 7.76. The third-order valence-electron chi connectivity index (χ3n) is 7.76. The Morgan fingerprint density at radius 2 is 1.74 bits per heavy atom. The lowest BCUT2D eigenvalue weighted by Crippen LogP contribution is -2.32. The predicted octanol–water partition coefficient (Wildman–Crippen LogP) is 3.21. The van der Waals surface area contributed by atoms with E-state index in [0.29, 0.717) is 50.5 Å². The molecule has 0 radical (unpaired) electrons. The first kappa shape index (κ1) is 36.9. The zero-order valence-corrected chi connectivity index (χ0v) is 28.4. The summed E-state index contributed by atoms with van der Waals surface area (Å²) in [4.78, 5) is 54.2. The second-order valence-electron chi connectivity index (χ2n) is 11.5. The lowest BCUT2D eigenvalue weighted by Gasteiger charge is -2.32. The SMILES string of the molecule is CC(N)=O.CCC(c1c(C=O)cc(C)nc1-c1cccc(C(=O)Nc2ccn(C(O)(O)O)n2)c1)N(C)c1ccc(-c2c(C)on(C)c2=O)cc1. The number of amides is 2. The van der Waals surface area contributed by atoms with Crippen molar-refractivity contribution in [1.82, 2.24) is 19.5 Å². The van der Waals surface area contributed by atoms with E-state index in [1.807, 2.05) is 43.1 Å². The highest BCUT2D eigenvalue weighted by molar-refractivity contribution is 6.04. The first-order chi connectivity index (χ1) is 23.5. The second kappa shape index (κ2) is 15.1. The molecule has 6 N–H and O–H groups in total. The molecular formula is C35H39N7O8. The van der Waals surface area contributed by atoms with E-state index in [1.165, 1.54) is 17.7 Å². The molecule has 1 unspecified atom stereocenters. The molecule has 0 saturated heterocycles. The van der Waals surface area contributed by atoms with E-state index in [4.69, 9.17) is 9.51 Å². The molecule has 262 valence electrons. The lowest BCUT2D eigenvalue weighted by atomic mass is 9.91. The van der Waals surface area contributed by atoms with Crippen LogP contribution in [0.5, 0.6) is 0 Å². The summed E-state index contributed by atoms with van der Waals surface area (Å²) in [6.07, 6.45) is -0.705. The molecule has 15 heteroatoms. The smallest absolute Gasteiger partial charge is 0.381 e. The van der Waals surface area contributed by atoms with Crippen LogP contribution in [-0.4, -0.2) is 60.0 Å². The molecule has 0 aliphatic carbocycles. The number of pyridine rings is 1. The molecule has 0 aliphatic heterocycles. The van der Waals surface area contributed by atoms with Crippen LogP contribution in [0.25, 0.3) is 22.4 Å². The van der Waals surface area contributed by atoms with Crippen LogP contribution in [0.2, 0.25) is 0 Å². The molecule has 0 aliphatic rings. The van der Waals surface area contributed by atoms with Gasteiger partial charge in [-0.1, -0.05) is 31.2 Å². The molecular weight excluding hydrogens is 646 g/mol. The third kappa shape index (κ3) is 8.20. The molecule has 0 fully saturated rings. The van der Waals surface area contributed by atoms with Gasteiger partial charge in [-0.2, -0.15) is 9.42 Å². The van der Waals surface area contributed by atoms with Gasteiger partial charge in [0.1, 0.15) is 5.76 Å². The van der Waals surface area contributed by atoms with Crippen LogP contribution in [0, 0.1) is 13.8 Å². The number of anilines is 2. The highest BCUT2D eigenvalue weighted by Gasteiger charge is 2.26. The highest BCUT2D eigenvalue weighted by atomic mass is 16.7. The van der Waals surface area contributed by atoms with Crippen molar-refractivity contribution in [2.45, 2.75) is 46.3 Å². The molecule has 2 aromatic carbocycles. The van der Waals surface area contributed by atoms with Gasteiger partial charge in [0.05, 0.1) is 17.3 Å². The minimum Gasteiger partial charge on any atom is -0.381 e. The van der Waals surface area contributed by atoms with Gasteiger partial charge in [-0.25, -0.2) is 0 Å². The summed E-state index contributed by atoms with van der Waals surface area (Å²) >= 11 is 0. The van der Waals surface area contributed by atoms with Crippen molar-refractivity contribution < 1.29 is 34.2 Å². The Morgan fingerprint density at radius 1 is 1.08 bits per heavy atom. The second-order valence-corrected chi connectivity index (χ2v) is 11.5. The average molecular weight is 686 g/mol. The monoisotopic (exact) mass is 685 g/mol. The number of aromatic nitrogens is 4. The maximum absolute atomic E-state index is 13.1. The van der Waals surface area contributed by atoms with Crippen LogP contribution >= 0.6 is 0 Å². The highest BCUT2D eigenvalue weighted by Crippen LogP contribution is 2.37. The fraction of sp³-hybridized carbons (Fsp3) is 0.257. The van der Waals surface area contributed by atoms with E-state index in [0.717, 1.165) is 23.7 Å². The van der Waals surface area contributed by atoms with Gasteiger partial charge in [0, 0.05) is 66.9 Å². The number of aldehydes is 1. The van der Waals surface area contributed by atoms with Crippen LogP contribution in [0.1, 0.15) is 64.0 Å². The van der Waals surface area contributed by atoms with E-state index in [1.54, 1.807) is 51.2 Å². The van der Waals surface area contributed by atoms with Crippen molar-refractivity contribution >= 4 is 29.6 Å². The lowest BCUT2D eigenvalue weighted by molar-refractivity contribution is -0.380. The Kier molecular flexibility index (Phi) is 11.2. The van der Waals surface area contributed by atoms with E-state index in [2.05, 4.69) is 16.1 Å². The van der Waals surface area contributed by atoms with Crippen LogP contribution in [0.3, 0.4) is 0 Å². The zero-order chi connectivity index (χ0) is 36.9. The molecule has 5 aromatic rings. The number of carbonyl (C=O) groups is 3. The molecule has 15 nitrogen and oxygen atoms in total. The van der Waals surface area contributed by atoms with Gasteiger partial charge in [0.2, 0.25) is 5.91 Å². The van der Waals surface area contributed by atoms with Gasteiger partial charge < -0.3 is 35.8 Å². The summed E-state index contributed by atoms with van der Waals surface area (Å²) in [5.41, 5.74) is 9.52. The Balaban J connectivity index is 0.00000133. The van der Waals surface area contributed by atoms with Crippen molar-refractivity contribution in [2.24, 2.45) is 12.8 Å². The topological polar surface area (TPSA) is 219 Å². The zero-order valence-electron chi connectivity index (χ0n) is 28.4. The summed E-state index contributed by atoms with van der Waals surface area (Å²) in [5, 5.41) is 34.2. The van der Waals surface area contributed by atoms with E-state index in [9.17, 15) is 34.5 Å². The minimum atomic E-state index is -3.21. The van der Waals surface area contributed by atoms with Crippen LogP contribution in [0.4, 0.5) is 11.5 Å². The summed E-state index contributed by atoms with van der Waals surface area (Å²) in [6, 6.07) is 17.0. The van der Waals surface area contributed by atoms with Gasteiger partial charge in [-0.15, -0.1) is 5.10 Å². The normalized spacial score (nSPS) is 11.7. The molecule has 5 rings (SSSR count). The number of nitrogens with zero attached hydrogens (tertiary/aromatic N) is 5. The molecule has 3 aromatic heterocycles. The number of nitrogens with two attached hydrogens (primary N) is 1. The summed E-state index contributed by atoms with van der Waals surface area (Å²) in [7, 11) is 3.49. The van der Waals surface area contributed by atoms with E-state index in [-0.39, 0.29) is 28.9 Å². The van der Waals surface area contributed by atoms with Crippen molar-refractivity contribution in [3.05, 3.63) is 105 Å². The Morgan fingerprint density at radius 3 is 2.28 bits per heavy atom. The Hall–Kier alpha value is -5.90. The molecule has 0 bridgehead atoms. The maximum Gasteiger partial charge on any atom is 0.389 e. The molecule has 2 amide bonds. The summed E-state index contributed by atoms with van der Waals surface area (Å²) < 4.78 is 7.11. The number of primary amides is 1. The number of hydrogen-bond donors (Lipinski definition) is 5. The van der Waals surface area contributed by atoms with E-state index >= 15 is 0 Å². The van der Waals surface area contributed by atoms with Gasteiger partial charge in [0.25, 0.3) is 11.5 Å². The predicted molar refractivity (Wildman–Crippen MR) is 185 cm³/mol. The molecule has 3 heterocycles. The number of nitrogens with one attached hydrogen (secondary N) is 1. The quantitative estimate of drug-likeness (QED) is 0.106. The van der Waals surface area contributed by atoms with Crippen LogP contribution < -0.4 is 21.5 Å². The molecule has 0 spiro atoms. The molecule has 1 atom stereocenters. The standard InChI is InChI=1S/C33H34N6O7.C2H5NO/c1-6-26(37(4)25-12-10-21(11-13-25)28-20(3)46-38(5)32(28)42)29-24(18-40)16-19(2)34-30(29)22-8-7-9-23(17-22)31(41)35-27-14-15-39(36-27)33(43,44)45;1-2(3)4/h7-18,26,43-45H,6H2,1-5H3,(H,35,36,41);1H3,(H2,3,4). The van der Waals surface area contributed by atoms with Gasteiger partial charge in [-0.05, 0) is 56.2 Å². The summed E-state index contributed by atoms with van der Waals surface area (Å²) in [6.45, 7) is 6.85. The number of carbonyl (C=O) groups excluding carboxylic acids is 3. The Bertz CT molecular complexity index is 2070. The van der Waals surface area contributed by atoms with Gasteiger partial charge >= 0.3 is 6.10 Å². The number of rotatable bonds is 10. The van der Waals surface area contributed by atoms with Crippen molar-refractivity contribution in [3.8, 4) is 22.4 Å². The Labute approximate surface area is 287 Å². The summed E-state index contributed by atoms with van der Waals surface area (Å²) in [5.74, 6) is -0.362. The van der Waals surface area contributed by atoms with Crippen LogP contribution in [-0.2, 0) is 17.9 Å². The van der Waals surface area contributed by atoms with Gasteiger partial charge in [0.15, 0.2) is 12.1 Å². The van der Waals surface area contributed by atoms with Crippen molar-refractivity contribution in [1.29, 1.82) is 0 Å².